The molecule has 0 bridgehead atoms. The van der Waals surface area contributed by atoms with Gasteiger partial charge in [0.05, 0.1) is 4.92 Å². The van der Waals surface area contributed by atoms with Crippen molar-refractivity contribution in [1.29, 1.82) is 0 Å². The fraction of sp³-hybridized carbons (Fsp3) is 0.0769. The minimum atomic E-state index is -0.488. The molecule has 33 heavy (non-hydrogen) atoms. The first-order valence-corrected chi connectivity index (χ1v) is 10.7. The predicted octanol–water partition coefficient (Wildman–Crippen LogP) is 4.78. The molecule has 4 rings (SSSR count). The van der Waals surface area contributed by atoms with Crippen LogP contribution in [0.4, 0.5) is 11.4 Å². The van der Waals surface area contributed by atoms with Crippen molar-refractivity contribution < 1.29 is 14.6 Å². The Hall–Kier alpha value is -4.10. The van der Waals surface area contributed by atoms with E-state index in [9.17, 15) is 15.2 Å². The Balaban J connectivity index is 1.86. The molecule has 1 N–H and O–H groups in total. The van der Waals surface area contributed by atoms with E-state index >= 15 is 0 Å². The van der Waals surface area contributed by atoms with Gasteiger partial charge in [-0.1, -0.05) is 60.7 Å². The maximum Gasteiger partial charge on any atom is 0.272 e. The van der Waals surface area contributed by atoms with Crippen molar-refractivity contribution in [1.82, 2.24) is 0 Å². The second-order valence-electron chi connectivity index (χ2n) is 7.71. The molecule has 7 heteroatoms. The number of nitrogens with one attached hydrogen (secondary N) is 1. The molecule has 0 atom stereocenters. The topological polar surface area (TPSA) is 82.1 Å². The van der Waals surface area contributed by atoms with Gasteiger partial charge in [0.2, 0.25) is 5.70 Å². The standard InChI is InChI=1S/C26H21N3O3S/c1-17-7-6-14-28(16-17)24(25(30)20-13-12-18(2)23(15-20)29(31)32)26(33)27-22-11-5-9-19-8-3-4-10-21(19)22/h3-16H,1-2H3,(H-,27,30,33). The molecule has 0 aliphatic rings. The van der Waals surface area contributed by atoms with Crippen LogP contribution in [-0.4, -0.2) is 9.91 Å². The van der Waals surface area contributed by atoms with Gasteiger partial charge in [-0.15, -0.1) is 0 Å². The van der Waals surface area contributed by atoms with Crippen LogP contribution in [0.15, 0.2) is 85.2 Å². The third-order valence-electron chi connectivity index (χ3n) is 5.34. The van der Waals surface area contributed by atoms with Gasteiger partial charge in [0, 0.05) is 34.3 Å². The van der Waals surface area contributed by atoms with Gasteiger partial charge < -0.3 is 10.4 Å². The molecule has 6 nitrogen and oxygen atoms in total. The van der Waals surface area contributed by atoms with Crippen LogP contribution in [0.3, 0.4) is 0 Å². The largest absolute Gasteiger partial charge is 0.867 e. The molecular formula is C26H21N3O3S. The second-order valence-corrected chi connectivity index (χ2v) is 8.11. The Bertz CT molecular complexity index is 1420. The number of thiocarbonyl (C=S) groups is 1. The van der Waals surface area contributed by atoms with E-state index in [0.29, 0.717) is 5.56 Å². The number of hydrogen-bond acceptors (Lipinski definition) is 4. The number of aryl methyl sites for hydroxylation is 2. The van der Waals surface area contributed by atoms with Gasteiger partial charge in [-0.05, 0) is 42.7 Å². The molecule has 0 radical (unpaired) electrons. The molecular weight excluding hydrogens is 434 g/mol. The number of fused-ring (bicyclic) bond motifs is 1. The second kappa shape index (κ2) is 9.18. The van der Waals surface area contributed by atoms with Crippen LogP contribution in [0.5, 0.6) is 0 Å². The summed E-state index contributed by atoms with van der Waals surface area (Å²) in [7, 11) is 0. The molecule has 0 saturated heterocycles. The summed E-state index contributed by atoms with van der Waals surface area (Å²) < 4.78 is 1.66. The van der Waals surface area contributed by atoms with Crippen LogP contribution in [0, 0.1) is 24.0 Å². The molecule has 0 fully saturated rings. The number of hydrogen-bond donors (Lipinski definition) is 1. The summed E-state index contributed by atoms with van der Waals surface area (Å²) in [5, 5.41) is 30.3. The highest BCUT2D eigenvalue weighted by Gasteiger charge is 2.21. The summed E-state index contributed by atoms with van der Waals surface area (Å²) in [5.74, 6) is -0.411. The van der Waals surface area contributed by atoms with Crippen molar-refractivity contribution in [3.63, 3.8) is 0 Å². The highest BCUT2D eigenvalue weighted by atomic mass is 32.1. The minimum Gasteiger partial charge on any atom is -0.867 e. The van der Waals surface area contributed by atoms with Crippen LogP contribution >= 0.6 is 12.2 Å². The zero-order chi connectivity index (χ0) is 23.5. The highest BCUT2D eigenvalue weighted by molar-refractivity contribution is 7.81. The molecule has 0 saturated carbocycles. The van der Waals surface area contributed by atoms with Crippen molar-refractivity contribution in [2.45, 2.75) is 13.8 Å². The van der Waals surface area contributed by atoms with Crippen LogP contribution in [-0.2, 0) is 0 Å². The first kappa shape index (κ1) is 22.1. The van der Waals surface area contributed by atoms with E-state index in [-0.39, 0.29) is 21.9 Å². The Morgan fingerprint density at radius 2 is 1.76 bits per heavy atom. The number of pyridine rings is 1. The number of benzene rings is 3. The molecule has 0 aliphatic heterocycles. The summed E-state index contributed by atoms with van der Waals surface area (Å²) in [6.45, 7) is 3.55. The van der Waals surface area contributed by atoms with Gasteiger partial charge in [-0.3, -0.25) is 10.1 Å². The maximum absolute atomic E-state index is 13.6. The van der Waals surface area contributed by atoms with Gasteiger partial charge in [0.1, 0.15) is 0 Å². The zero-order valence-corrected chi connectivity index (χ0v) is 18.9. The highest BCUT2D eigenvalue weighted by Crippen LogP contribution is 2.26. The fourth-order valence-electron chi connectivity index (χ4n) is 3.67. The summed E-state index contributed by atoms with van der Waals surface area (Å²) in [6.07, 6.45) is 3.53. The number of nitro groups is 1. The first-order chi connectivity index (χ1) is 15.8. The third-order valence-corrected chi connectivity index (χ3v) is 5.64. The molecule has 0 spiro atoms. The molecule has 4 aromatic rings. The van der Waals surface area contributed by atoms with Crippen molar-refractivity contribution >= 4 is 50.8 Å². The maximum atomic E-state index is 13.6. The number of rotatable bonds is 5. The predicted molar refractivity (Wildman–Crippen MR) is 132 cm³/mol. The smallest absolute Gasteiger partial charge is 0.272 e. The number of nitrogens with zero attached hydrogens (tertiary/aromatic N) is 2. The van der Waals surface area contributed by atoms with E-state index in [1.54, 1.807) is 36.0 Å². The van der Waals surface area contributed by atoms with E-state index in [1.165, 1.54) is 6.07 Å². The number of nitro benzene ring substituents is 1. The van der Waals surface area contributed by atoms with E-state index in [2.05, 4.69) is 5.32 Å². The van der Waals surface area contributed by atoms with Crippen LogP contribution in [0.25, 0.3) is 22.2 Å². The lowest BCUT2D eigenvalue weighted by atomic mass is 10.1. The van der Waals surface area contributed by atoms with Gasteiger partial charge in [0.25, 0.3) is 5.69 Å². The fourth-order valence-corrected chi connectivity index (χ4v) is 3.98. The third kappa shape index (κ3) is 4.58. The van der Waals surface area contributed by atoms with Crippen molar-refractivity contribution in [3.8, 4) is 0 Å². The lowest BCUT2D eigenvalue weighted by Gasteiger charge is -2.18. The van der Waals surface area contributed by atoms with Gasteiger partial charge >= 0.3 is 0 Å². The molecule has 164 valence electrons. The normalized spacial score (nSPS) is 11.7. The van der Waals surface area contributed by atoms with E-state index < -0.39 is 10.7 Å². The first-order valence-electron chi connectivity index (χ1n) is 10.3. The van der Waals surface area contributed by atoms with Gasteiger partial charge in [-0.25, -0.2) is 0 Å². The molecule has 0 aliphatic carbocycles. The number of aromatic nitrogens is 1. The van der Waals surface area contributed by atoms with Crippen LogP contribution < -0.4 is 15.0 Å². The molecule has 0 amide bonds. The minimum absolute atomic E-state index is 0.109. The zero-order valence-electron chi connectivity index (χ0n) is 18.1. The monoisotopic (exact) mass is 455 g/mol. The average molecular weight is 456 g/mol. The summed E-state index contributed by atoms with van der Waals surface area (Å²) in [6, 6.07) is 21.9. The quantitative estimate of drug-likeness (QED) is 0.117. The van der Waals surface area contributed by atoms with E-state index in [4.69, 9.17) is 12.2 Å². The SMILES string of the molecule is Cc1ccc[n+](/C(C(=S)Nc2cccc3ccccc23)=C(/[O-])c2ccc(C)c([N+](=O)[O-])c2)c1. The van der Waals surface area contributed by atoms with E-state index in [1.807, 2.05) is 61.5 Å². The summed E-state index contributed by atoms with van der Waals surface area (Å²) in [4.78, 5) is 11.2. The molecule has 1 aromatic heterocycles. The Kier molecular flexibility index (Phi) is 6.15. The van der Waals surface area contributed by atoms with Crippen LogP contribution in [0.2, 0.25) is 0 Å². The van der Waals surface area contributed by atoms with E-state index in [0.717, 1.165) is 22.0 Å². The van der Waals surface area contributed by atoms with Gasteiger partial charge in [0.15, 0.2) is 17.4 Å². The van der Waals surface area contributed by atoms with Crippen molar-refractivity contribution in [2.75, 3.05) is 5.32 Å². The van der Waals surface area contributed by atoms with Crippen LogP contribution in [0.1, 0.15) is 16.7 Å². The average Bonchev–Trinajstić information content (AvgIpc) is 2.79. The Labute approximate surface area is 196 Å². The van der Waals surface area contributed by atoms with Crippen molar-refractivity contribution in [2.24, 2.45) is 0 Å². The molecule has 0 unspecified atom stereocenters. The number of anilines is 1. The Morgan fingerprint density at radius 1 is 1.00 bits per heavy atom. The summed E-state index contributed by atoms with van der Waals surface area (Å²) >= 11 is 5.71. The van der Waals surface area contributed by atoms with Crippen molar-refractivity contribution in [3.05, 3.63) is 112 Å². The lowest BCUT2D eigenvalue weighted by molar-refractivity contribution is -0.578. The molecule has 3 aromatic carbocycles. The molecule has 1 heterocycles. The lowest BCUT2D eigenvalue weighted by Crippen LogP contribution is -2.40. The van der Waals surface area contributed by atoms with Gasteiger partial charge in [-0.2, -0.15) is 4.57 Å². The Morgan fingerprint density at radius 3 is 2.52 bits per heavy atom. The summed E-state index contributed by atoms with van der Waals surface area (Å²) in [5.41, 5.74) is 2.48.